The van der Waals surface area contributed by atoms with E-state index in [1.165, 1.54) is 19.2 Å². The Kier molecular flexibility index (Phi) is 4.90. The van der Waals surface area contributed by atoms with Crippen LogP contribution in [0.4, 0.5) is 0 Å². The van der Waals surface area contributed by atoms with Crippen LogP contribution in [-0.2, 0) is 16.1 Å². The second-order valence-electron chi connectivity index (χ2n) is 5.53. The number of carbonyl (C=O) groups excluding carboxylic acids is 1. The third-order valence-electron chi connectivity index (χ3n) is 3.80. The Morgan fingerprint density at radius 1 is 1.19 bits per heavy atom. The van der Waals surface area contributed by atoms with Crippen molar-refractivity contribution in [3.8, 4) is 11.5 Å². The molecule has 1 aromatic heterocycles. The van der Waals surface area contributed by atoms with E-state index in [4.69, 9.17) is 13.9 Å². The lowest BCUT2D eigenvalue weighted by atomic mass is 10.1. The Bertz CT molecular complexity index is 992. The van der Waals surface area contributed by atoms with Crippen molar-refractivity contribution in [3.63, 3.8) is 0 Å². The summed E-state index contributed by atoms with van der Waals surface area (Å²) in [5.74, 6) is -0.699. The first-order chi connectivity index (χ1) is 12.5. The summed E-state index contributed by atoms with van der Waals surface area (Å²) in [6, 6.07) is 12.6. The summed E-state index contributed by atoms with van der Waals surface area (Å²) in [7, 11) is 1.43. The van der Waals surface area contributed by atoms with Gasteiger partial charge in [-0.15, -0.1) is 0 Å². The van der Waals surface area contributed by atoms with Gasteiger partial charge in [0.2, 0.25) is 0 Å². The molecular weight excluding hydrogens is 340 g/mol. The van der Waals surface area contributed by atoms with Gasteiger partial charge in [-0.05, 0) is 23.1 Å². The van der Waals surface area contributed by atoms with E-state index in [0.29, 0.717) is 16.7 Å². The molecule has 26 heavy (non-hydrogen) atoms. The van der Waals surface area contributed by atoms with Crippen molar-refractivity contribution < 1.29 is 28.9 Å². The third kappa shape index (κ3) is 3.52. The number of phenols is 1. The van der Waals surface area contributed by atoms with Crippen molar-refractivity contribution in [1.82, 2.24) is 0 Å². The monoisotopic (exact) mass is 356 g/mol. The lowest BCUT2D eigenvalue weighted by Crippen LogP contribution is -2.16. The van der Waals surface area contributed by atoms with E-state index in [1.54, 1.807) is 36.4 Å². The third-order valence-corrected chi connectivity index (χ3v) is 3.80. The number of methoxy groups -OCH3 is 1. The zero-order valence-electron chi connectivity index (χ0n) is 13.8. The molecule has 0 fully saturated rings. The molecule has 7 nitrogen and oxygen atoms in total. The Labute approximate surface area is 148 Å². The van der Waals surface area contributed by atoms with Crippen molar-refractivity contribution in [2.45, 2.75) is 12.7 Å². The molecule has 3 rings (SSSR count). The van der Waals surface area contributed by atoms with Crippen LogP contribution >= 0.6 is 0 Å². The van der Waals surface area contributed by atoms with Crippen LogP contribution in [0.25, 0.3) is 10.8 Å². The van der Waals surface area contributed by atoms with Crippen molar-refractivity contribution in [1.29, 1.82) is 0 Å². The molecule has 0 aliphatic rings. The summed E-state index contributed by atoms with van der Waals surface area (Å²) >= 11 is 0. The van der Waals surface area contributed by atoms with E-state index in [0.717, 1.165) is 0 Å². The lowest BCUT2D eigenvalue weighted by Gasteiger charge is -2.11. The zero-order valence-corrected chi connectivity index (χ0v) is 13.8. The average Bonchev–Trinajstić information content (AvgIpc) is 2.65. The molecule has 1 atom stereocenters. The van der Waals surface area contributed by atoms with E-state index in [9.17, 15) is 19.8 Å². The molecule has 7 heteroatoms. The van der Waals surface area contributed by atoms with E-state index in [1.807, 2.05) is 0 Å². The minimum atomic E-state index is -1.44. The summed E-state index contributed by atoms with van der Waals surface area (Å²) in [6.45, 7) is -0.341. The SMILES string of the molecule is COc1cc(O)c2c(=O)oc(COC(=O)C(O)c3ccccc3)cc2c1. The van der Waals surface area contributed by atoms with Gasteiger partial charge in [0.15, 0.2) is 6.10 Å². The first-order valence-corrected chi connectivity index (χ1v) is 7.73. The van der Waals surface area contributed by atoms with Gasteiger partial charge in [0, 0.05) is 6.07 Å². The van der Waals surface area contributed by atoms with Crippen LogP contribution in [-0.4, -0.2) is 23.3 Å². The Hall–Kier alpha value is -3.32. The number of rotatable bonds is 5. The van der Waals surface area contributed by atoms with Crippen LogP contribution in [0.15, 0.2) is 57.7 Å². The van der Waals surface area contributed by atoms with E-state index in [-0.39, 0.29) is 23.5 Å². The van der Waals surface area contributed by atoms with Crippen LogP contribution in [0.5, 0.6) is 11.5 Å². The number of hydrogen-bond acceptors (Lipinski definition) is 7. The molecule has 1 unspecified atom stereocenters. The second kappa shape index (κ2) is 7.28. The zero-order chi connectivity index (χ0) is 18.7. The molecule has 0 amide bonds. The molecule has 0 aliphatic carbocycles. The number of esters is 1. The number of aromatic hydroxyl groups is 1. The summed E-state index contributed by atoms with van der Waals surface area (Å²) < 4.78 is 15.1. The summed E-state index contributed by atoms with van der Waals surface area (Å²) in [4.78, 5) is 24.0. The highest BCUT2D eigenvalue weighted by Gasteiger charge is 2.19. The summed E-state index contributed by atoms with van der Waals surface area (Å²) in [5, 5.41) is 20.3. The van der Waals surface area contributed by atoms with Gasteiger partial charge in [-0.2, -0.15) is 0 Å². The predicted molar refractivity (Wildman–Crippen MR) is 91.9 cm³/mol. The van der Waals surface area contributed by atoms with E-state index < -0.39 is 17.7 Å². The molecule has 134 valence electrons. The number of benzene rings is 2. The Balaban J connectivity index is 1.81. The number of carbonyl (C=O) groups is 1. The van der Waals surface area contributed by atoms with Crippen molar-refractivity contribution in [2.75, 3.05) is 7.11 Å². The molecule has 0 radical (unpaired) electrons. The van der Waals surface area contributed by atoms with Crippen molar-refractivity contribution >= 4 is 16.7 Å². The number of aliphatic hydroxyl groups is 1. The van der Waals surface area contributed by atoms with Gasteiger partial charge >= 0.3 is 11.6 Å². The van der Waals surface area contributed by atoms with Crippen LogP contribution in [0.2, 0.25) is 0 Å². The minimum Gasteiger partial charge on any atom is -0.507 e. The maximum Gasteiger partial charge on any atom is 0.347 e. The van der Waals surface area contributed by atoms with Gasteiger partial charge in [0.05, 0.1) is 7.11 Å². The summed E-state index contributed by atoms with van der Waals surface area (Å²) in [6.07, 6.45) is -1.44. The number of hydrogen-bond donors (Lipinski definition) is 2. The largest absolute Gasteiger partial charge is 0.507 e. The highest BCUT2D eigenvalue weighted by Crippen LogP contribution is 2.28. The topological polar surface area (TPSA) is 106 Å². The molecule has 3 aromatic rings. The van der Waals surface area contributed by atoms with Gasteiger partial charge in [-0.1, -0.05) is 30.3 Å². The number of fused-ring (bicyclic) bond motifs is 1. The van der Waals surface area contributed by atoms with Gasteiger partial charge in [0.1, 0.15) is 29.3 Å². The molecule has 0 aliphatic heterocycles. The number of aliphatic hydroxyl groups excluding tert-OH is 1. The van der Waals surface area contributed by atoms with Crippen molar-refractivity contribution in [3.05, 3.63) is 70.3 Å². The number of ether oxygens (including phenoxy) is 2. The highest BCUT2D eigenvalue weighted by molar-refractivity contribution is 5.88. The van der Waals surface area contributed by atoms with E-state index in [2.05, 4.69) is 0 Å². The fourth-order valence-corrected chi connectivity index (χ4v) is 2.51. The van der Waals surface area contributed by atoms with Crippen LogP contribution in [0, 0.1) is 0 Å². The molecule has 0 saturated carbocycles. The summed E-state index contributed by atoms with van der Waals surface area (Å²) in [5.41, 5.74) is -0.371. The first-order valence-electron chi connectivity index (χ1n) is 7.73. The second-order valence-corrected chi connectivity index (χ2v) is 5.53. The van der Waals surface area contributed by atoms with Crippen LogP contribution in [0.3, 0.4) is 0 Å². The normalized spacial score (nSPS) is 11.9. The van der Waals surface area contributed by atoms with Gasteiger partial charge in [0.25, 0.3) is 0 Å². The molecular formula is C19H16O7. The lowest BCUT2D eigenvalue weighted by molar-refractivity contribution is -0.155. The minimum absolute atomic E-state index is 0.00481. The van der Waals surface area contributed by atoms with Gasteiger partial charge in [-0.25, -0.2) is 9.59 Å². The molecule has 1 heterocycles. The quantitative estimate of drug-likeness (QED) is 0.676. The molecule has 2 N–H and O–H groups in total. The maximum absolute atomic E-state index is 12.1. The van der Waals surface area contributed by atoms with Crippen molar-refractivity contribution in [2.24, 2.45) is 0 Å². The fourth-order valence-electron chi connectivity index (χ4n) is 2.51. The van der Waals surface area contributed by atoms with Gasteiger partial charge < -0.3 is 24.1 Å². The molecule has 0 saturated heterocycles. The molecule has 0 spiro atoms. The smallest absolute Gasteiger partial charge is 0.347 e. The fraction of sp³-hybridized carbons (Fsp3) is 0.158. The molecule has 0 bridgehead atoms. The predicted octanol–water partition coefficient (Wildman–Crippen LogP) is 2.28. The van der Waals surface area contributed by atoms with Crippen LogP contribution in [0.1, 0.15) is 17.4 Å². The average molecular weight is 356 g/mol. The first kappa shape index (κ1) is 17.5. The Morgan fingerprint density at radius 2 is 1.92 bits per heavy atom. The number of phenolic OH excluding ortho intramolecular Hbond substituents is 1. The Morgan fingerprint density at radius 3 is 2.62 bits per heavy atom. The maximum atomic E-state index is 12.1. The van der Waals surface area contributed by atoms with Gasteiger partial charge in [-0.3, -0.25) is 0 Å². The highest BCUT2D eigenvalue weighted by atomic mass is 16.6. The van der Waals surface area contributed by atoms with E-state index >= 15 is 0 Å². The standard InChI is InChI=1S/C19H16O7/c1-24-13-7-12-8-14(26-18(22)16(12)15(20)9-13)10-25-19(23)17(21)11-5-3-2-4-6-11/h2-9,17,20-21H,10H2,1H3. The molecule has 2 aromatic carbocycles. The van der Waals surface area contributed by atoms with Crippen LogP contribution < -0.4 is 10.4 Å².